The summed E-state index contributed by atoms with van der Waals surface area (Å²) in [6.45, 7) is 3.16. The fourth-order valence-corrected chi connectivity index (χ4v) is 4.75. The minimum atomic E-state index is -0.731. The van der Waals surface area contributed by atoms with E-state index in [9.17, 15) is 9.59 Å². The third-order valence-electron chi connectivity index (χ3n) is 6.69. The van der Waals surface area contributed by atoms with Gasteiger partial charge in [-0.25, -0.2) is 0 Å². The Morgan fingerprint density at radius 2 is 2.03 bits per heavy atom. The van der Waals surface area contributed by atoms with Gasteiger partial charge in [-0.05, 0) is 50.2 Å². The molecule has 1 aliphatic heterocycles. The summed E-state index contributed by atoms with van der Waals surface area (Å²) in [5.41, 5.74) is 7.87. The first-order valence-electron chi connectivity index (χ1n) is 12.4. The Balaban J connectivity index is 1.44. The normalized spacial score (nSPS) is 20.0. The lowest BCUT2D eigenvalue weighted by Gasteiger charge is -2.27. The van der Waals surface area contributed by atoms with Crippen molar-refractivity contribution in [2.75, 3.05) is 30.4 Å². The number of amides is 1. The number of carboxylic acids is 1. The van der Waals surface area contributed by atoms with E-state index >= 15 is 0 Å². The van der Waals surface area contributed by atoms with Crippen molar-refractivity contribution in [1.82, 2.24) is 15.0 Å². The highest BCUT2D eigenvalue weighted by atomic mass is 16.5. The number of nitrogen functional groups attached to an aromatic ring is 1. The first-order valence-corrected chi connectivity index (χ1v) is 12.4. The molecule has 1 saturated carbocycles. The summed E-state index contributed by atoms with van der Waals surface area (Å²) in [5, 5.41) is 9.01. The van der Waals surface area contributed by atoms with Gasteiger partial charge in [0.2, 0.25) is 5.88 Å². The highest BCUT2D eigenvalue weighted by molar-refractivity contribution is 6.10. The van der Waals surface area contributed by atoms with E-state index in [1.165, 1.54) is 0 Å². The average Bonchev–Trinajstić information content (AvgIpc) is 3.01. The molecule has 0 atom stereocenters. The standard InChI is InChI=1S/C25H33N5O5/c1-2-3-4-12-35-25-28-22(26)21-23(29-25)34-13-11-30(24(21)33)18-9-10-19(27-15-18)17-7-5-16(6-8-17)14-20(31)32/h9-10,15-17H,2-8,11-14H2,1H3,(H,31,32)(H2,26,28,29). The van der Waals surface area contributed by atoms with Gasteiger partial charge in [-0.1, -0.05) is 19.8 Å². The lowest BCUT2D eigenvalue weighted by Crippen LogP contribution is -2.33. The van der Waals surface area contributed by atoms with Gasteiger partial charge >= 0.3 is 12.0 Å². The molecule has 188 valence electrons. The summed E-state index contributed by atoms with van der Waals surface area (Å²) in [4.78, 5) is 39.0. The zero-order valence-corrected chi connectivity index (χ0v) is 20.1. The summed E-state index contributed by atoms with van der Waals surface area (Å²) in [7, 11) is 0. The van der Waals surface area contributed by atoms with Crippen molar-refractivity contribution in [2.45, 2.75) is 64.2 Å². The third-order valence-corrected chi connectivity index (χ3v) is 6.69. The lowest BCUT2D eigenvalue weighted by molar-refractivity contribution is -0.138. The van der Waals surface area contributed by atoms with Crippen LogP contribution in [0, 0.1) is 5.92 Å². The molecule has 10 heteroatoms. The minimum Gasteiger partial charge on any atom is -0.481 e. The molecule has 4 rings (SSSR count). The molecule has 2 aromatic rings. The van der Waals surface area contributed by atoms with Gasteiger partial charge in [-0.3, -0.25) is 14.6 Å². The average molecular weight is 484 g/mol. The number of ether oxygens (including phenoxy) is 2. The number of carboxylic acid groups (broad SMARTS) is 1. The zero-order chi connectivity index (χ0) is 24.8. The van der Waals surface area contributed by atoms with Crippen LogP contribution in [-0.4, -0.2) is 51.7 Å². The maximum Gasteiger partial charge on any atom is 0.321 e. The maximum absolute atomic E-state index is 13.3. The number of unbranched alkanes of at least 4 members (excludes halogenated alkanes) is 2. The molecule has 2 aromatic heterocycles. The van der Waals surface area contributed by atoms with Gasteiger partial charge in [0.25, 0.3) is 5.91 Å². The summed E-state index contributed by atoms with van der Waals surface area (Å²) in [6, 6.07) is 3.95. The molecule has 10 nitrogen and oxygen atoms in total. The Morgan fingerprint density at radius 1 is 1.23 bits per heavy atom. The highest BCUT2D eigenvalue weighted by Gasteiger charge is 2.31. The molecule has 3 N–H and O–H groups in total. The van der Waals surface area contributed by atoms with E-state index in [-0.39, 0.29) is 48.1 Å². The quantitative estimate of drug-likeness (QED) is 0.509. The van der Waals surface area contributed by atoms with Crippen LogP contribution in [0.25, 0.3) is 0 Å². The molecule has 35 heavy (non-hydrogen) atoms. The van der Waals surface area contributed by atoms with Crippen LogP contribution in [0.4, 0.5) is 11.5 Å². The van der Waals surface area contributed by atoms with E-state index < -0.39 is 5.97 Å². The maximum atomic E-state index is 13.3. The Labute approximate surface area is 204 Å². The predicted molar refractivity (Wildman–Crippen MR) is 130 cm³/mol. The third kappa shape index (κ3) is 5.98. The summed E-state index contributed by atoms with van der Waals surface area (Å²) >= 11 is 0. The van der Waals surface area contributed by atoms with Gasteiger partial charge in [0.05, 0.1) is 25.0 Å². The fraction of sp³-hybridized carbons (Fsp3) is 0.560. The number of hydrogen-bond donors (Lipinski definition) is 2. The summed E-state index contributed by atoms with van der Waals surface area (Å²) in [6.07, 6.45) is 8.57. The largest absolute Gasteiger partial charge is 0.481 e. The number of rotatable bonds is 9. The smallest absolute Gasteiger partial charge is 0.321 e. The molecule has 1 amide bonds. The molecular weight excluding hydrogens is 450 g/mol. The van der Waals surface area contributed by atoms with Crippen LogP contribution in [0.15, 0.2) is 18.3 Å². The summed E-state index contributed by atoms with van der Waals surface area (Å²) < 4.78 is 11.3. The van der Waals surface area contributed by atoms with E-state index in [0.717, 1.165) is 50.6 Å². The minimum absolute atomic E-state index is 0.0279. The van der Waals surface area contributed by atoms with Gasteiger partial charge in [0.15, 0.2) is 0 Å². The molecule has 0 radical (unpaired) electrons. The molecule has 0 saturated heterocycles. The molecule has 0 bridgehead atoms. The SMILES string of the molecule is CCCCCOc1nc(N)c2c(n1)OCCN(c1ccc(C3CCC(CC(=O)O)CC3)nc1)C2=O. The van der Waals surface area contributed by atoms with Crippen LogP contribution in [0.2, 0.25) is 0 Å². The molecule has 2 aliphatic rings. The van der Waals surface area contributed by atoms with Crippen LogP contribution < -0.4 is 20.1 Å². The Morgan fingerprint density at radius 3 is 2.71 bits per heavy atom. The van der Waals surface area contributed by atoms with E-state index in [4.69, 9.17) is 20.3 Å². The number of fused-ring (bicyclic) bond motifs is 1. The number of nitrogens with zero attached hydrogens (tertiary/aromatic N) is 4. The van der Waals surface area contributed by atoms with Crippen LogP contribution >= 0.6 is 0 Å². The number of hydrogen-bond acceptors (Lipinski definition) is 8. The zero-order valence-electron chi connectivity index (χ0n) is 20.1. The topological polar surface area (TPSA) is 141 Å². The van der Waals surface area contributed by atoms with Crippen molar-refractivity contribution in [2.24, 2.45) is 5.92 Å². The number of aliphatic carboxylic acids is 1. The van der Waals surface area contributed by atoms with E-state index in [1.807, 2.05) is 12.1 Å². The van der Waals surface area contributed by atoms with Gasteiger partial charge in [0, 0.05) is 18.0 Å². The Kier molecular flexibility index (Phi) is 7.99. The Bertz CT molecular complexity index is 1040. The first kappa shape index (κ1) is 24.7. The van der Waals surface area contributed by atoms with Crippen molar-refractivity contribution in [3.63, 3.8) is 0 Å². The van der Waals surface area contributed by atoms with Crippen LogP contribution in [0.5, 0.6) is 11.9 Å². The molecule has 0 spiro atoms. The monoisotopic (exact) mass is 483 g/mol. The second-order valence-corrected chi connectivity index (χ2v) is 9.19. The second kappa shape index (κ2) is 11.3. The molecule has 1 fully saturated rings. The number of nitrogens with two attached hydrogens (primary N) is 1. The van der Waals surface area contributed by atoms with Crippen molar-refractivity contribution in [3.8, 4) is 11.9 Å². The molecule has 0 aromatic carbocycles. The number of pyridine rings is 1. The molecule has 3 heterocycles. The van der Waals surface area contributed by atoms with Gasteiger partial charge in [-0.2, -0.15) is 9.97 Å². The van der Waals surface area contributed by atoms with Crippen LogP contribution in [0.3, 0.4) is 0 Å². The Hall–Kier alpha value is -3.43. The fourth-order valence-electron chi connectivity index (χ4n) is 4.75. The molecule has 0 unspecified atom stereocenters. The lowest BCUT2D eigenvalue weighted by atomic mass is 9.79. The predicted octanol–water partition coefficient (Wildman–Crippen LogP) is 3.81. The first-order chi connectivity index (χ1) is 17.0. The number of carbonyl (C=O) groups is 2. The van der Waals surface area contributed by atoms with Crippen molar-refractivity contribution >= 4 is 23.4 Å². The van der Waals surface area contributed by atoms with Gasteiger partial charge in [-0.15, -0.1) is 0 Å². The van der Waals surface area contributed by atoms with Crippen molar-refractivity contribution in [3.05, 3.63) is 29.6 Å². The molecular formula is C25H33N5O5. The number of carbonyl (C=O) groups excluding carboxylic acids is 1. The molecule has 1 aliphatic carbocycles. The van der Waals surface area contributed by atoms with Gasteiger partial charge < -0.3 is 25.2 Å². The van der Waals surface area contributed by atoms with Crippen LogP contribution in [-0.2, 0) is 4.79 Å². The second-order valence-electron chi connectivity index (χ2n) is 9.19. The number of aromatic nitrogens is 3. The van der Waals surface area contributed by atoms with Gasteiger partial charge in [0.1, 0.15) is 18.0 Å². The highest BCUT2D eigenvalue weighted by Crippen LogP contribution is 2.37. The van der Waals surface area contributed by atoms with E-state index in [2.05, 4.69) is 21.9 Å². The van der Waals surface area contributed by atoms with Crippen LogP contribution in [0.1, 0.15) is 80.3 Å². The van der Waals surface area contributed by atoms with E-state index in [0.29, 0.717) is 24.8 Å². The number of anilines is 2. The van der Waals surface area contributed by atoms with E-state index in [1.54, 1.807) is 11.1 Å². The summed E-state index contributed by atoms with van der Waals surface area (Å²) in [5.74, 6) is -0.356. The van der Waals surface area contributed by atoms with Crippen molar-refractivity contribution in [1.29, 1.82) is 0 Å². The van der Waals surface area contributed by atoms with Crippen molar-refractivity contribution < 1.29 is 24.2 Å².